The molecule has 0 rings (SSSR count). The number of nitrogens with two attached hydrogens (primary N) is 1. The van der Waals surface area contributed by atoms with Crippen LogP contribution in [0.3, 0.4) is 0 Å². The average molecular weight is 359 g/mol. The molecule has 148 valence electrons. The van der Waals surface area contributed by atoms with Gasteiger partial charge in [0.15, 0.2) is 0 Å². The van der Waals surface area contributed by atoms with Crippen LogP contribution in [0.5, 0.6) is 0 Å². The highest BCUT2D eigenvalue weighted by molar-refractivity contribution is 5.75. The van der Waals surface area contributed by atoms with Crippen LogP contribution in [0.2, 0.25) is 0 Å². The quantitative estimate of drug-likeness (QED) is 0.432. The van der Waals surface area contributed by atoms with Crippen molar-refractivity contribution in [2.24, 2.45) is 16.6 Å². The Labute approximate surface area is 152 Å². The number of nitrogens with one attached hydrogen (secondary N) is 1. The number of hydrogen-bond donors (Lipinski definition) is 3. The van der Waals surface area contributed by atoms with Crippen LogP contribution in [-0.2, 0) is 14.3 Å². The van der Waals surface area contributed by atoms with Gasteiger partial charge in [0.05, 0.1) is 12.1 Å². The van der Waals surface area contributed by atoms with Gasteiger partial charge in [0.2, 0.25) is 0 Å². The third-order valence-electron chi connectivity index (χ3n) is 4.19. The molecule has 0 heterocycles. The SMILES string of the molecule is CCC(C)(CC(C)(C)CC(=O)OC(C)(C)C)C(NC(C)(C)N)C(=O)O. The van der Waals surface area contributed by atoms with E-state index in [1.165, 1.54) is 0 Å². The molecule has 0 fully saturated rings. The van der Waals surface area contributed by atoms with Crippen molar-refractivity contribution < 1.29 is 19.4 Å². The first kappa shape index (κ1) is 23.9. The Morgan fingerprint density at radius 2 is 1.56 bits per heavy atom. The molecule has 0 aliphatic heterocycles. The summed E-state index contributed by atoms with van der Waals surface area (Å²) in [5.41, 5.74) is 3.69. The van der Waals surface area contributed by atoms with Gasteiger partial charge >= 0.3 is 11.9 Å². The highest BCUT2D eigenvalue weighted by atomic mass is 16.6. The molecule has 0 aliphatic rings. The van der Waals surface area contributed by atoms with Crippen molar-refractivity contribution in [1.29, 1.82) is 0 Å². The molecule has 0 spiro atoms. The molecule has 0 saturated heterocycles. The predicted octanol–water partition coefficient (Wildman–Crippen LogP) is 3.29. The third-order valence-corrected chi connectivity index (χ3v) is 4.19. The van der Waals surface area contributed by atoms with E-state index in [0.717, 1.165) is 0 Å². The lowest BCUT2D eigenvalue weighted by atomic mass is 9.67. The maximum absolute atomic E-state index is 12.2. The second-order valence-corrected chi connectivity index (χ2v) is 9.75. The number of carboxylic acids is 1. The third kappa shape index (κ3) is 9.21. The van der Waals surface area contributed by atoms with E-state index in [1.807, 2.05) is 48.5 Å². The number of hydrogen-bond acceptors (Lipinski definition) is 5. The van der Waals surface area contributed by atoms with Crippen LogP contribution in [0.25, 0.3) is 0 Å². The molecule has 4 N–H and O–H groups in total. The summed E-state index contributed by atoms with van der Waals surface area (Å²) in [5, 5.41) is 12.7. The second-order valence-electron chi connectivity index (χ2n) is 9.75. The van der Waals surface area contributed by atoms with Gasteiger partial charge in [-0.25, -0.2) is 0 Å². The summed E-state index contributed by atoms with van der Waals surface area (Å²) in [6.45, 7) is 16.8. The van der Waals surface area contributed by atoms with Crippen LogP contribution in [0, 0.1) is 10.8 Å². The molecule has 0 aromatic carbocycles. The monoisotopic (exact) mass is 358 g/mol. The first-order valence-electron chi connectivity index (χ1n) is 8.92. The molecule has 0 aromatic heterocycles. The smallest absolute Gasteiger partial charge is 0.321 e. The molecule has 2 atom stereocenters. The highest BCUT2D eigenvalue weighted by Crippen LogP contribution is 2.42. The van der Waals surface area contributed by atoms with E-state index in [9.17, 15) is 14.7 Å². The average Bonchev–Trinajstić information content (AvgIpc) is 2.30. The van der Waals surface area contributed by atoms with Crippen molar-refractivity contribution in [3.63, 3.8) is 0 Å². The topological polar surface area (TPSA) is 102 Å². The van der Waals surface area contributed by atoms with Crippen LogP contribution in [0.4, 0.5) is 0 Å². The lowest BCUT2D eigenvalue weighted by molar-refractivity contribution is -0.157. The first-order valence-corrected chi connectivity index (χ1v) is 8.92. The molecule has 0 radical (unpaired) electrons. The summed E-state index contributed by atoms with van der Waals surface area (Å²) < 4.78 is 5.42. The number of aliphatic carboxylic acids is 1. The van der Waals surface area contributed by atoms with Crippen molar-refractivity contribution in [2.75, 3.05) is 0 Å². The summed E-state index contributed by atoms with van der Waals surface area (Å²) in [6, 6.07) is -0.810. The van der Waals surface area contributed by atoms with Gasteiger partial charge in [-0.05, 0) is 58.3 Å². The number of ether oxygens (including phenoxy) is 1. The molecular formula is C19H38N2O4. The van der Waals surface area contributed by atoms with Crippen molar-refractivity contribution in [3.8, 4) is 0 Å². The molecule has 25 heavy (non-hydrogen) atoms. The molecule has 6 nitrogen and oxygen atoms in total. The normalized spacial score (nSPS) is 16.9. The zero-order chi connectivity index (χ0) is 20.3. The van der Waals surface area contributed by atoms with Gasteiger partial charge in [0.25, 0.3) is 0 Å². The summed E-state index contributed by atoms with van der Waals surface area (Å²) >= 11 is 0. The van der Waals surface area contributed by atoms with E-state index in [4.69, 9.17) is 10.5 Å². The Balaban J connectivity index is 5.35. The second kappa shape index (κ2) is 8.04. The van der Waals surface area contributed by atoms with E-state index in [-0.39, 0.29) is 12.4 Å². The van der Waals surface area contributed by atoms with E-state index in [2.05, 4.69) is 5.32 Å². The number of rotatable bonds is 9. The molecule has 0 amide bonds. The fourth-order valence-corrected chi connectivity index (χ4v) is 3.26. The van der Waals surface area contributed by atoms with Crippen LogP contribution < -0.4 is 11.1 Å². The fraction of sp³-hybridized carbons (Fsp3) is 0.895. The summed E-state index contributed by atoms with van der Waals surface area (Å²) in [6.07, 6.45) is 1.43. The first-order chi connectivity index (χ1) is 10.9. The molecule has 0 bridgehead atoms. The molecule has 0 aromatic rings. The molecule has 0 saturated carbocycles. The van der Waals surface area contributed by atoms with Gasteiger partial charge < -0.3 is 15.6 Å². The van der Waals surface area contributed by atoms with E-state index >= 15 is 0 Å². The molecule has 6 heteroatoms. The van der Waals surface area contributed by atoms with Crippen LogP contribution >= 0.6 is 0 Å². The van der Waals surface area contributed by atoms with Crippen molar-refractivity contribution >= 4 is 11.9 Å². The Hall–Kier alpha value is -1.14. The van der Waals surface area contributed by atoms with Gasteiger partial charge in [-0.2, -0.15) is 0 Å². The summed E-state index contributed by atoms with van der Waals surface area (Å²) in [7, 11) is 0. The van der Waals surface area contributed by atoms with Gasteiger partial charge in [0, 0.05) is 0 Å². The Bertz CT molecular complexity index is 475. The summed E-state index contributed by atoms with van der Waals surface area (Å²) in [4.78, 5) is 24.1. The minimum atomic E-state index is -0.934. The highest BCUT2D eigenvalue weighted by Gasteiger charge is 2.44. The number of carbonyl (C=O) groups is 2. The van der Waals surface area contributed by atoms with E-state index in [0.29, 0.717) is 12.8 Å². The van der Waals surface area contributed by atoms with Crippen LogP contribution in [0.1, 0.15) is 81.6 Å². The molecule has 2 unspecified atom stereocenters. The standard InChI is InChI=1S/C19H38N2O4/c1-10-19(9,14(15(23)24)21-18(7,8)20)12-17(5,6)11-13(22)25-16(2,3)4/h14,21H,10-12,20H2,1-9H3,(H,23,24). The van der Waals surface area contributed by atoms with Crippen LogP contribution in [0.15, 0.2) is 0 Å². The Morgan fingerprint density at radius 3 is 1.88 bits per heavy atom. The lowest BCUT2D eigenvalue weighted by Crippen LogP contribution is -2.61. The molecular weight excluding hydrogens is 320 g/mol. The predicted molar refractivity (Wildman–Crippen MR) is 100 cm³/mol. The van der Waals surface area contributed by atoms with Crippen molar-refractivity contribution in [2.45, 2.75) is 98.9 Å². The van der Waals surface area contributed by atoms with Gasteiger partial charge in [-0.15, -0.1) is 0 Å². The number of carbonyl (C=O) groups excluding carboxylic acids is 1. The Morgan fingerprint density at radius 1 is 1.08 bits per heavy atom. The maximum atomic E-state index is 12.2. The van der Waals surface area contributed by atoms with Gasteiger partial charge in [-0.3, -0.25) is 14.9 Å². The minimum Gasteiger partial charge on any atom is -0.480 e. The van der Waals surface area contributed by atoms with E-state index in [1.54, 1.807) is 13.8 Å². The minimum absolute atomic E-state index is 0.234. The zero-order valence-corrected chi connectivity index (χ0v) is 17.4. The zero-order valence-electron chi connectivity index (χ0n) is 17.4. The van der Waals surface area contributed by atoms with Crippen molar-refractivity contribution in [3.05, 3.63) is 0 Å². The Kier molecular flexibility index (Phi) is 7.67. The fourth-order valence-electron chi connectivity index (χ4n) is 3.26. The number of esters is 1. The molecule has 0 aliphatic carbocycles. The van der Waals surface area contributed by atoms with Gasteiger partial charge in [-0.1, -0.05) is 27.7 Å². The van der Waals surface area contributed by atoms with Crippen molar-refractivity contribution in [1.82, 2.24) is 5.32 Å². The van der Waals surface area contributed by atoms with Gasteiger partial charge in [0.1, 0.15) is 11.6 Å². The van der Waals surface area contributed by atoms with E-state index < -0.39 is 34.1 Å². The lowest BCUT2D eigenvalue weighted by Gasteiger charge is -2.43. The summed E-state index contributed by atoms with van der Waals surface area (Å²) in [5.74, 6) is -1.20. The van der Waals surface area contributed by atoms with Crippen LogP contribution in [-0.4, -0.2) is 34.4 Å². The number of carboxylic acid groups (broad SMARTS) is 1. The largest absolute Gasteiger partial charge is 0.480 e. The maximum Gasteiger partial charge on any atom is 0.321 e.